The number of pyridine rings is 1. The van der Waals surface area contributed by atoms with Gasteiger partial charge < -0.3 is 15.0 Å². The maximum Gasteiger partial charge on any atom is 0.260 e. The normalized spacial score (nSPS) is 15.8. The Labute approximate surface area is 171 Å². The fourth-order valence-corrected chi connectivity index (χ4v) is 3.32. The van der Waals surface area contributed by atoms with Crippen LogP contribution < -0.4 is 10.1 Å². The average Bonchev–Trinajstić information content (AvgIpc) is 3.13. The fraction of sp³-hybridized carbons (Fsp3) is 0.444. The van der Waals surface area contributed by atoms with Crippen LogP contribution in [0.4, 0.5) is 0 Å². The quantitative estimate of drug-likeness (QED) is 0.774. The van der Waals surface area contributed by atoms with Crippen molar-refractivity contribution in [3.8, 4) is 5.75 Å². The van der Waals surface area contributed by atoms with Crippen LogP contribution in [0.5, 0.6) is 5.75 Å². The van der Waals surface area contributed by atoms with E-state index in [0.717, 1.165) is 37.9 Å². The van der Waals surface area contributed by atoms with E-state index in [1.807, 2.05) is 17.0 Å². The highest BCUT2D eigenvalue weighted by Gasteiger charge is 2.26. The van der Waals surface area contributed by atoms with Gasteiger partial charge in [0.15, 0.2) is 6.61 Å². The molecule has 2 aromatic rings. The molecule has 1 N–H and O–H groups in total. The average molecular weight is 421 g/mol. The highest BCUT2D eigenvalue weighted by molar-refractivity contribution is 6.35. The van der Waals surface area contributed by atoms with Gasteiger partial charge in [0, 0.05) is 30.7 Å². The van der Waals surface area contributed by atoms with E-state index in [1.54, 1.807) is 18.3 Å². The number of halogens is 3. The minimum Gasteiger partial charge on any atom is -0.481 e. The van der Waals surface area contributed by atoms with Crippen molar-refractivity contribution in [2.75, 3.05) is 26.2 Å². The number of fused-ring (bicyclic) bond motifs is 1. The molecule has 1 aromatic heterocycles. The van der Waals surface area contributed by atoms with Gasteiger partial charge in [0.25, 0.3) is 5.91 Å². The molecule has 1 aliphatic rings. The van der Waals surface area contributed by atoms with Gasteiger partial charge in [-0.15, -0.1) is 24.8 Å². The minimum atomic E-state index is 0. The number of aromatic nitrogens is 1. The number of amides is 1. The van der Waals surface area contributed by atoms with E-state index >= 15 is 0 Å². The smallest absolute Gasteiger partial charge is 0.260 e. The summed E-state index contributed by atoms with van der Waals surface area (Å²) in [5, 5.41) is 4.77. The van der Waals surface area contributed by atoms with E-state index in [2.05, 4.69) is 17.2 Å². The predicted octanol–water partition coefficient (Wildman–Crippen LogP) is 3.71. The predicted molar refractivity (Wildman–Crippen MR) is 110 cm³/mol. The summed E-state index contributed by atoms with van der Waals surface area (Å²) >= 11 is 6.19. The van der Waals surface area contributed by atoms with Gasteiger partial charge in [0.2, 0.25) is 0 Å². The first-order chi connectivity index (χ1) is 11.7. The van der Waals surface area contributed by atoms with Crippen LogP contribution in [0.2, 0.25) is 5.02 Å². The molecule has 1 unspecified atom stereocenters. The van der Waals surface area contributed by atoms with E-state index in [0.29, 0.717) is 16.3 Å². The van der Waals surface area contributed by atoms with Crippen molar-refractivity contribution in [2.45, 2.75) is 25.8 Å². The zero-order valence-corrected chi connectivity index (χ0v) is 17.0. The van der Waals surface area contributed by atoms with E-state index in [1.165, 1.54) is 0 Å². The lowest BCUT2D eigenvalue weighted by atomic mass is 10.2. The van der Waals surface area contributed by atoms with Crippen LogP contribution in [-0.2, 0) is 4.79 Å². The number of benzene rings is 1. The van der Waals surface area contributed by atoms with E-state index in [9.17, 15) is 4.79 Å². The van der Waals surface area contributed by atoms with Gasteiger partial charge >= 0.3 is 0 Å². The molecule has 1 saturated heterocycles. The van der Waals surface area contributed by atoms with Crippen LogP contribution in [0.1, 0.15) is 19.8 Å². The maximum absolute atomic E-state index is 12.6. The summed E-state index contributed by atoms with van der Waals surface area (Å²) in [4.78, 5) is 18.9. The van der Waals surface area contributed by atoms with Gasteiger partial charge in [-0.25, -0.2) is 0 Å². The molecule has 1 fully saturated rings. The third-order valence-electron chi connectivity index (χ3n) is 4.29. The van der Waals surface area contributed by atoms with Crippen molar-refractivity contribution in [2.24, 2.45) is 0 Å². The van der Waals surface area contributed by atoms with Crippen LogP contribution in [0.25, 0.3) is 10.9 Å². The number of rotatable bonds is 6. The minimum absolute atomic E-state index is 0. The van der Waals surface area contributed by atoms with Crippen LogP contribution in [0.15, 0.2) is 30.5 Å². The van der Waals surface area contributed by atoms with Crippen LogP contribution in [0, 0.1) is 0 Å². The number of nitrogens with one attached hydrogen (secondary N) is 1. The number of ether oxygens (including phenoxy) is 1. The molecule has 8 heteroatoms. The first kappa shape index (κ1) is 22.8. The zero-order valence-electron chi connectivity index (χ0n) is 14.6. The lowest BCUT2D eigenvalue weighted by Gasteiger charge is -2.28. The van der Waals surface area contributed by atoms with Crippen molar-refractivity contribution in [3.63, 3.8) is 0 Å². The number of carbonyl (C=O) groups is 1. The summed E-state index contributed by atoms with van der Waals surface area (Å²) in [6, 6.07) is 7.54. The lowest BCUT2D eigenvalue weighted by Crippen LogP contribution is -2.44. The summed E-state index contributed by atoms with van der Waals surface area (Å²) in [5.41, 5.74) is 0.683. The van der Waals surface area contributed by atoms with Gasteiger partial charge in [-0.3, -0.25) is 9.78 Å². The fourth-order valence-electron chi connectivity index (χ4n) is 3.11. The summed E-state index contributed by atoms with van der Waals surface area (Å²) in [6.07, 6.45) is 3.63. The molecule has 0 bridgehead atoms. The number of hydrogen-bond acceptors (Lipinski definition) is 4. The van der Waals surface area contributed by atoms with Gasteiger partial charge in [-0.1, -0.05) is 18.5 Å². The summed E-state index contributed by atoms with van der Waals surface area (Å²) in [5.74, 6) is 0.605. The second-order valence-electron chi connectivity index (χ2n) is 5.97. The Morgan fingerprint density at radius 3 is 2.88 bits per heavy atom. The van der Waals surface area contributed by atoms with Crippen molar-refractivity contribution >= 4 is 53.2 Å². The highest BCUT2D eigenvalue weighted by atomic mass is 35.5. The second kappa shape index (κ2) is 10.8. The number of carbonyl (C=O) groups excluding carboxylic acids is 1. The molecule has 0 radical (unpaired) electrons. The molecule has 1 aromatic carbocycles. The number of hydrogen-bond donors (Lipinski definition) is 1. The molecule has 2 heterocycles. The van der Waals surface area contributed by atoms with E-state index in [-0.39, 0.29) is 43.4 Å². The maximum atomic E-state index is 12.6. The SMILES string of the molecule is CCCN(C(=O)COc1ccc(Cl)c2cccnc12)C1CCNC1.Cl.Cl. The van der Waals surface area contributed by atoms with Crippen molar-refractivity contribution < 1.29 is 9.53 Å². The summed E-state index contributed by atoms with van der Waals surface area (Å²) in [6.45, 7) is 4.68. The summed E-state index contributed by atoms with van der Waals surface area (Å²) < 4.78 is 5.79. The van der Waals surface area contributed by atoms with Gasteiger partial charge in [0.1, 0.15) is 11.3 Å². The highest BCUT2D eigenvalue weighted by Crippen LogP contribution is 2.29. The summed E-state index contributed by atoms with van der Waals surface area (Å²) in [7, 11) is 0. The Morgan fingerprint density at radius 1 is 1.38 bits per heavy atom. The van der Waals surface area contributed by atoms with Crippen molar-refractivity contribution in [1.29, 1.82) is 0 Å². The second-order valence-corrected chi connectivity index (χ2v) is 6.37. The number of nitrogens with zero attached hydrogens (tertiary/aromatic N) is 2. The Hall–Kier alpha value is -1.27. The van der Waals surface area contributed by atoms with Crippen molar-refractivity contribution in [3.05, 3.63) is 35.5 Å². The third-order valence-corrected chi connectivity index (χ3v) is 4.62. The molecule has 1 aliphatic heterocycles. The topological polar surface area (TPSA) is 54.5 Å². The first-order valence-electron chi connectivity index (χ1n) is 8.37. The largest absolute Gasteiger partial charge is 0.481 e. The van der Waals surface area contributed by atoms with Crippen LogP contribution in [0.3, 0.4) is 0 Å². The van der Waals surface area contributed by atoms with Crippen LogP contribution >= 0.6 is 36.4 Å². The molecule has 5 nitrogen and oxygen atoms in total. The Kier molecular flexibility index (Phi) is 9.44. The molecule has 1 atom stereocenters. The molecular weight excluding hydrogens is 397 g/mol. The van der Waals surface area contributed by atoms with Gasteiger partial charge in [-0.05, 0) is 43.7 Å². The third kappa shape index (κ3) is 5.13. The molecule has 0 aliphatic carbocycles. The molecule has 1 amide bonds. The monoisotopic (exact) mass is 419 g/mol. The Balaban J connectivity index is 0.00000169. The molecule has 26 heavy (non-hydrogen) atoms. The van der Waals surface area contributed by atoms with E-state index in [4.69, 9.17) is 16.3 Å². The molecule has 0 saturated carbocycles. The lowest BCUT2D eigenvalue weighted by molar-refractivity contribution is -0.135. The molecular formula is C18H24Cl3N3O2. The standard InChI is InChI=1S/C18H22ClN3O2.2ClH/c1-2-10-22(13-7-9-20-11-13)17(23)12-24-16-6-5-15(19)14-4-3-8-21-18(14)16;;/h3-6,8,13,20H,2,7,9-12H2,1H3;2*1H. The first-order valence-corrected chi connectivity index (χ1v) is 8.74. The Morgan fingerprint density at radius 2 is 2.19 bits per heavy atom. The van der Waals surface area contributed by atoms with Gasteiger partial charge in [-0.2, -0.15) is 0 Å². The van der Waals surface area contributed by atoms with E-state index < -0.39 is 0 Å². The van der Waals surface area contributed by atoms with Gasteiger partial charge in [0.05, 0.1) is 5.02 Å². The van der Waals surface area contributed by atoms with Crippen LogP contribution in [-0.4, -0.2) is 48.1 Å². The molecule has 3 rings (SSSR count). The molecule has 0 spiro atoms. The molecule has 144 valence electrons. The van der Waals surface area contributed by atoms with Crippen molar-refractivity contribution in [1.82, 2.24) is 15.2 Å². The Bertz CT molecular complexity index is 724. The zero-order chi connectivity index (χ0) is 16.9.